The van der Waals surface area contributed by atoms with Crippen LogP contribution in [0.25, 0.3) is 0 Å². The summed E-state index contributed by atoms with van der Waals surface area (Å²) in [6.45, 7) is 7.77. The SMILES string of the molecule is CCOCCNC(=NC)NC1CCN(C(=O)OCC)CC1. The number of amides is 1. The number of nitrogens with zero attached hydrogens (tertiary/aromatic N) is 2. The van der Waals surface area contributed by atoms with Crippen LogP contribution in [0.3, 0.4) is 0 Å². The summed E-state index contributed by atoms with van der Waals surface area (Å²) < 4.78 is 10.3. The van der Waals surface area contributed by atoms with Gasteiger partial charge < -0.3 is 25.0 Å². The van der Waals surface area contributed by atoms with E-state index in [1.165, 1.54) is 0 Å². The number of hydrogen-bond acceptors (Lipinski definition) is 4. The molecule has 1 aliphatic rings. The summed E-state index contributed by atoms with van der Waals surface area (Å²) in [6, 6.07) is 0.328. The minimum atomic E-state index is -0.213. The highest BCUT2D eigenvalue weighted by Crippen LogP contribution is 2.11. The Hall–Kier alpha value is -1.50. The average molecular weight is 300 g/mol. The molecular formula is C14H28N4O3. The maximum Gasteiger partial charge on any atom is 0.409 e. The van der Waals surface area contributed by atoms with E-state index in [0.717, 1.165) is 32.0 Å². The zero-order valence-corrected chi connectivity index (χ0v) is 13.4. The molecule has 1 rings (SSSR count). The maximum atomic E-state index is 11.6. The monoisotopic (exact) mass is 300 g/mol. The van der Waals surface area contributed by atoms with Crippen molar-refractivity contribution in [1.29, 1.82) is 0 Å². The third kappa shape index (κ3) is 6.66. The van der Waals surface area contributed by atoms with Gasteiger partial charge in [-0.15, -0.1) is 0 Å². The predicted molar refractivity (Wildman–Crippen MR) is 82.6 cm³/mol. The van der Waals surface area contributed by atoms with Crippen molar-refractivity contribution < 1.29 is 14.3 Å². The van der Waals surface area contributed by atoms with Gasteiger partial charge >= 0.3 is 6.09 Å². The summed E-state index contributed by atoms with van der Waals surface area (Å²) in [5.74, 6) is 0.782. The number of likely N-dealkylation sites (tertiary alicyclic amines) is 1. The van der Waals surface area contributed by atoms with Gasteiger partial charge in [0.15, 0.2) is 5.96 Å². The molecule has 0 aromatic carbocycles. The Kier molecular flexibility index (Phi) is 8.57. The maximum absolute atomic E-state index is 11.6. The molecule has 0 unspecified atom stereocenters. The molecule has 1 saturated heterocycles. The summed E-state index contributed by atoms with van der Waals surface area (Å²) in [5, 5.41) is 6.59. The van der Waals surface area contributed by atoms with Gasteiger partial charge in [-0.1, -0.05) is 0 Å². The standard InChI is InChI=1S/C14H28N4O3/c1-4-20-11-8-16-13(15-3)17-12-6-9-18(10-7-12)14(19)21-5-2/h12H,4-11H2,1-3H3,(H2,15,16,17). The van der Waals surface area contributed by atoms with E-state index in [1.54, 1.807) is 11.9 Å². The number of carbonyl (C=O) groups is 1. The molecule has 122 valence electrons. The van der Waals surface area contributed by atoms with Gasteiger partial charge in [0.1, 0.15) is 0 Å². The summed E-state index contributed by atoms with van der Waals surface area (Å²) in [5.41, 5.74) is 0. The van der Waals surface area contributed by atoms with Crippen LogP contribution >= 0.6 is 0 Å². The van der Waals surface area contributed by atoms with Crippen molar-refractivity contribution in [3.63, 3.8) is 0 Å². The van der Waals surface area contributed by atoms with Gasteiger partial charge in [0.25, 0.3) is 0 Å². The first-order valence-electron chi connectivity index (χ1n) is 7.67. The molecule has 0 bridgehead atoms. The Bertz CT molecular complexity index is 328. The lowest BCUT2D eigenvalue weighted by Crippen LogP contribution is -2.50. The normalized spacial score (nSPS) is 16.7. The van der Waals surface area contributed by atoms with E-state index in [9.17, 15) is 4.79 Å². The lowest BCUT2D eigenvalue weighted by atomic mass is 10.1. The number of ether oxygens (including phenoxy) is 2. The van der Waals surface area contributed by atoms with Crippen LogP contribution in [0.15, 0.2) is 4.99 Å². The molecule has 2 N–H and O–H groups in total. The summed E-state index contributed by atoms with van der Waals surface area (Å²) in [6.07, 6.45) is 1.57. The van der Waals surface area contributed by atoms with Crippen molar-refractivity contribution in [3.05, 3.63) is 0 Å². The lowest BCUT2D eigenvalue weighted by Gasteiger charge is -2.32. The first-order valence-corrected chi connectivity index (χ1v) is 7.67. The zero-order chi connectivity index (χ0) is 15.5. The molecule has 0 spiro atoms. The van der Waals surface area contributed by atoms with Gasteiger partial charge in [-0.2, -0.15) is 0 Å². The van der Waals surface area contributed by atoms with Crippen molar-refractivity contribution in [2.24, 2.45) is 4.99 Å². The third-order valence-corrected chi connectivity index (χ3v) is 3.33. The molecule has 7 nitrogen and oxygen atoms in total. The first kappa shape index (κ1) is 17.6. The quantitative estimate of drug-likeness (QED) is 0.431. The van der Waals surface area contributed by atoms with Gasteiger partial charge in [-0.05, 0) is 26.7 Å². The van der Waals surface area contributed by atoms with E-state index >= 15 is 0 Å². The van der Waals surface area contributed by atoms with Crippen molar-refractivity contribution in [3.8, 4) is 0 Å². The number of hydrogen-bond donors (Lipinski definition) is 2. The van der Waals surface area contributed by atoms with Crippen molar-refractivity contribution in [1.82, 2.24) is 15.5 Å². The third-order valence-electron chi connectivity index (χ3n) is 3.33. The van der Waals surface area contributed by atoms with Crippen molar-refractivity contribution in [2.75, 3.05) is 46.5 Å². The number of aliphatic imine (C=N–C) groups is 1. The Balaban J connectivity index is 2.25. The second-order valence-electron chi connectivity index (χ2n) is 4.80. The van der Waals surface area contributed by atoms with Crippen molar-refractivity contribution in [2.45, 2.75) is 32.7 Å². The Morgan fingerprint density at radius 1 is 1.29 bits per heavy atom. The Morgan fingerprint density at radius 2 is 2.00 bits per heavy atom. The second-order valence-corrected chi connectivity index (χ2v) is 4.80. The highest BCUT2D eigenvalue weighted by Gasteiger charge is 2.23. The molecule has 1 heterocycles. The fourth-order valence-electron chi connectivity index (χ4n) is 2.20. The van der Waals surface area contributed by atoms with E-state index in [0.29, 0.717) is 32.3 Å². The van der Waals surface area contributed by atoms with Crippen LogP contribution < -0.4 is 10.6 Å². The summed E-state index contributed by atoms with van der Waals surface area (Å²) in [4.78, 5) is 17.6. The Morgan fingerprint density at radius 3 is 2.57 bits per heavy atom. The van der Waals surface area contributed by atoms with E-state index in [2.05, 4.69) is 15.6 Å². The van der Waals surface area contributed by atoms with Crippen LogP contribution in [0.2, 0.25) is 0 Å². The van der Waals surface area contributed by atoms with E-state index in [-0.39, 0.29) is 6.09 Å². The highest BCUT2D eigenvalue weighted by atomic mass is 16.6. The molecule has 0 atom stereocenters. The van der Waals surface area contributed by atoms with Gasteiger partial charge in [0.2, 0.25) is 0 Å². The molecule has 0 aromatic heterocycles. The van der Waals surface area contributed by atoms with Crippen LogP contribution in [0.1, 0.15) is 26.7 Å². The predicted octanol–water partition coefficient (Wildman–Crippen LogP) is 0.809. The number of guanidine groups is 1. The molecule has 1 amide bonds. The lowest BCUT2D eigenvalue weighted by molar-refractivity contribution is 0.0962. The molecule has 21 heavy (non-hydrogen) atoms. The van der Waals surface area contributed by atoms with E-state index < -0.39 is 0 Å². The van der Waals surface area contributed by atoms with E-state index in [4.69, 9.17) is 9.47 Å². The van der Waals surface area contributed by atoms with Crippen LogP contribution in [0.5, 0.6) is 0 Å². The van der Waals surface area contributed by atoms with Crippen molar-refractivity contribution >= 4 is 12.1 Å². The van der Waals surface area contributed by atoms with Crippen LogP contribution in [-0.2, 0) is 9.47 Å². The number of nitrogens with one attached hydrogen (secondary N) is 2. The molecule has 0 saturated carbocycles. The molecular weight excluding hydrogens is 272 g/mol. The molecule has 1 aliphatic heterocycles. The number of carbonyl (C=O) groups excluding carboxylic acids is 1. The fraction of sp³-hybridized carbons (Fsp3) is 0.857. The second kappa shape index (κ2) is 10.3. The molecule has 0 aliphatic carbocycles. The molecule has 0 radical (unpaired) electrons. The van der Waals surface area contributed by atoms with Crippen LogP contribution in [0, 0.1) is 0 Å². The fourth-order valence-corrected chi connectivity index (χ4v) is 2.20. The van der Waals surface area contributed by atoms with E-state index in [1.807, 2.05) is 13.8 Å². The van der Waals surface area contributed by atoms with Crippen LogP contribution in [0.4, 0.5) is 4.79 Å². The van der Waals surface area contributed by atoms with Gasteiger partial charge in [-0.25, -0.2) is 4.79 Å². The summed E-state index contributed by atoms with van der Waals surface area (Å²) in [7, 11) is 1.75. The molecule has 7 heteroatoms. The first-order chi connectivity index (χ1) is 10.2. The minimum Gasteiger partial charge on any atom is -0.450 e. The van der Waals surface area contributed by atoms with Crippen LogP contribution in [-0.4, -0.2) is 69.5 Å². The minimum absolute atomic E-state index is 0.213. The number of piperidine rings is 1. The van der Waals surface area contributed by atoms with Gasteiger partial charge in [0.05, 0.1) is 13.2 Å². The topological polar surface area (TPSA) is 75.2 Å². The zero-order valence-electron chi connectivity index (χ0n) is 13.4. The average Bonchev–Trinajstić information content (AvgIpc) is 2.51. The van der Waals surface area contributed by atoms with Gasteiger partial charge in [0, 0.05) is 39.3 Å². The summed E-state index contributed by atoms with van der Waals surface area (Å²) >= 11 is 0. The Labute approximate surface area is 127 Å². The molecule has 0 aromatic rings. The number of rotatable bonds is 6. The largest absolute Gasteiger partial charge is 0.450 e. The molecule has 1 fully saturated rings. The highest BCUT2D eigenvalue weighted by molar-refractivity contribution is 5.80. The smallest absolute Gasteiger partial charge is 0.409 e. The van der Waals surface area contributed by atoms with Gasteiger partial charge in [-0.3, -0.25) is 4.99 Å².